The molecule has 0 atom stereocenters. The van der Waals surface area contributed by atoms with Crippen LogP contribution in [0.2, 0.25) is 0 Å². The molecule has 0 unspecified atom stereocenters. The van der Waals surface area contributed by atoms with E-state index in [9.17, 15) is 0 Å². The quantitative estimate of drug-likeness (QED) is 0.872. The summed E-state index contributed by atoms with van der Waals surface area (Å²) in [4.78, 5) is 7.12. The summed E-state index contributed by atoms with van der Waals surface area (Å²) in [6, 6.07) is 10.7. The number of nitrogens with one attached hydrogen (secondary N) is 1. The Hall–Kier alpha value is -1.61. The van der Waals surface area contributed by atoms with E-state index in [1.807, 2.05) is 0 Å². The van der Waals surface area contributed by atoms with Gasteiger partial charge in [-0.3, -0.25) is 0 Å². The van der Waals surface area contributed by atoms with Crippen LogP contribution in [0.25, 0.3) is 10.8 Å². The van der Waals surface area contributed by atoms with Gasteiger partial charge < -0.3 is 10.2 Å². The molecule has 1 aromatic carbocycles. The molecule has 0 fully saturated rings. The second kappa shape index (κ2) is 6.71. The normalized spacial score (nSPS) is 11.2. The van der Waals surface area contributed by atoms with Crippen LogP contribution in [-0.2, 0) is 6.54 Å². The Morgan fingerprint density at radius 3 is 2.70 bits per heavy atom. The lowest BCUT2D eigenvalue weighted by Crippen LogP contribution is -2.24. The van der Waals surface area contributed by atoms with Gasteiger partial charge in [-0.25, -0.2) is 4.98 Å². The summed E-state index contributed by atoms with van der Waals surface area (Å²) in [5.41, 5.74) is 1.11. The van der Waals surface area contributed by atoms with Crippen LogP contribution in [0.15, 0.2) is 30.3 Å². The van der Waals surface area contributed by atoms with E-state index < -0.39 is 0 Å². The van der Waals surface area contributed by atoms with Crippen LogP contribution < -0.4 is 10.2 Å². The van der Waals surface area contributed by atoms with Crippen molar-refractivity contribution in [2.24, 2.45) is 5.92 Å². The number of anilines is 1. The minimum Gasteiger partial charge on any atom is -0.359 e. The fourth-order valence-electron chi connectivity index (χ4n) is 2.50. The molecule has 3 heteroatoms. The van der Waals surface area contributed by atoms with Crippen molar-refractivity contribution in [3.05, 3.63) is 36.0 Å². The molecule has 0 bridgehead atoms. The third-order valence-corrected chi connectivity index (χ3v) is 3.33. The minimum absolute atomic E-state index is 0.623. The summed E-state index contributed by atoms with van der Waals surface area (Å²) in [7, 11) is 2.13. The fourth-order valence-corrected chi connectivity index (χ4v) is 2.50. The first-order valence-electron chi connectivity index (χ1n) is 7.42. The van der Waals surface area contributed by atoms with E-state index >= 15 is 0 Å². The van der Waals surface area contributed by atoms with Crippen LogP contribution in [0.3, 0.4) is 0 Å². The maximum atomic E-state index is 4.85. The minimum atomic E-state index is 0.623. The zero-order valence-electron chi connectivity index (χ0n) is 13.0. The molecule has 0 spiro atoms. The summed E-state index contributed by atoms with van der Waals surface area (Å²) in [5.74, 6) is 1.71. The molecular weight excluding hydrogens is 246 g/mol. The summed E-state index contributed by atoms with van der Waals surface area (Å²) < 4.78 is 0. The van der Waals surface area contributed by atoms with E-state index in [0.29, 0.717) is 5.92 Å². The average molecular weight is 271 g/mol. The highest BCUT2D eigenvalue weighted by Crippen LogP contribution is 2.25. The first-order valence-corrected chi connectivity index (χ1v) is 7.42. The Bertz CT molecular complexity index is 563. The highest BCUT2D eigenvalue weighted by molar-refractivity contribution is 5.92. The molecule has 0 amide bonds. The Balaban J connectivity index is 2.43. The van der Waals surface area contributed by atoms with Crippen molar-refractivity contribution in [3.8, 4) is 0 Å². The van der Waals surface area contributed by atoms with Crippen LogP contribution in [0.1, 0.15) is 26.5 Å². The van der Waals surface area contributed by atoms with E-state index in [1.165, 1.54) is 10.8 Å². The van der Waals surface area contributed by atoms with E-state index in [1.54, 1.807) is 0 Å². The molecule has 3 nitrogen and oxygen atoms in total. The molecule has 0 aliphatic heterocycles. The van der Waals surface area contributed by atoms with Crippen molar-refractivity contribution in [2.45, 2.75) is 27.3 Å². The molecule has 0 saturated carbocycles. The summed E-state index contributed by atoms with van der Waals surface area (Å²) in [6.07, 6.45) is 0. The molecule has 0 saturated heterocycles. The molecule has 1 heterocycles. The van der Waals surface area contributed by atoms with Gasteiger partial charge in [0.15, 0.2) is 0 Å². The summed E-state index contributed by atoms with van der Waals surface area (Å²) in [6.45, 7) is 9.40. The summed E-state index contributed by atoms with van der Waals surface area (Å²) >= 11 is 0. The number of aromatic nitrogens is 1. The van der Waals surface area contributed by atoms with Gasteiger partial charge in [-0.1, -0.05) is 45.0 Å². The number of fused-ring (bicyclic) bond motifs is 1. The molecule has 0 radical (unpaired) electrons. The van der Waals surface area contributed by atoms with Crippen molar-refractivity contribution in [1.29, 1.82) is 0 Å². The van der Waals surface area contributed by atoms with Gasteiger partial charge in [0.2, 0.25) is 0 Å². The maximum absolute atomic E-state index is 4.85. The number of hydrogen-bond donors (Lipinski definition) is 1. The fraction of sp³-hybridized carbons (Fsp3) is 0.471. The smallest absolute Gasteiger partial charge is 0.136 e. The number of nitrogens with zero attached hydrogens (tertiary/aromatic N) is 2. The number of rotatable bonds is 6. The lowest BCUT2D eigenvalue weighted by atomic mass is 10.1. The van der Waals surface area contributed by atoms with E-state index in [4.69, 9.17) is 4.98 Å². The van der Waals surface area contributed by atoms with Gasteiger partial charge >= 0.3 is 0 Å². The van der Waals surface area contributed by atoms with Crippen LogP contribution >= 0.6 is 0 Å². The van der Waals surface area contributed by atoms with Crippen molar-refractivity contribution in [2.75, 3.05) is 25.0 Å². The zero-order chi connectivity index (χ0) is 14.5. The molecule has 1 N–H and O–H groups in total. The molecule has 2 rings (SSSR count). The lowest BCUT2D eigenvalue weighted by molar-refractivity contribution is 0.633. The van der Waals surface area contributed by atoms with Crippen molar-refractivity contribution < 1.29 is 0 Å². The van der Waals surface area contributed by atoms with Gasteiger partial charge in [-0.15, -0.1) is 0 Å². The molecule has 2 aromatic rings. The highest BCUT2D eigenvalue weighted by atomic mass is 15.2. The van der Waals surface area contributed by atoms with Crippen molar-refractivity contribution >= 4 is 16.6 Å². The molecule has 0 aliphatic carbocycles. The van der Waals surface area contributed by atoms with Crippen molar-refractivity contribution in [1.82, 2.24) is 10.3 Å². The molecule has 108 valence electrons. The predicted molar refractivity (Wildman–Crippen MR) is 87.2 cm³/mol. The Morgan fingerprint density at radius 2 is 2.00 bits per heavy atom. The standard InChI is InChI=1S/C17H25N3/c1-5-18-11-15-10-14-8-6-7-9-16(14)17(19-15)20(4)12-13(2)3/h6-10,13,18H,5,11-12H2,1-4H3. The molecule has 1 aromatic heterocycles. The van der Waals surface area contributed by atoms with Crippen molar-refractivity contribution in [3.63, 3.8) is 0 Å². The van der Waals surface area contributed by atoms with Gasteiger partial charge in [0.05, 0.1) is 5.69 Å². The third-order valence-electron chi connectivity index (χ3n) is 3.33. The SMILES string of the molecule is CCNCc1cc2ccccc2c(N(C)CC(C)C)n1. The second-order valence-electron chi connectivity index (χ2n) is 5.71. The Morgan fingerprint density at radius 1 is 1.25 bits per heavy atom. The number of benzene rings is 1. The Labute approximate surface area is 122 Å². The van der Waals surface area contributed by atoms with Crippen LogP contribution in [0, 0.1) is 5.92 Å². The largest absolute Gasteiger partial charge is 0.359 e. The monoisotopic (exact) mass is 271 g/mol. The van der Waals surface area contributed by atoms with E-state index in [0.717, 1.165) is 31.1 Å². The van der Waals surface area contributed by atoms with E-state index in [-0.39, 0.29) is 0 Å². The third kappa shape index (κ3) is 3.48. The van der Waals surface area contributed by atoms with Gasteiger partial charge in [0.1, 0.15) is 5.82 Å². The highest BCUT2D eigenvalue weighted by Gasteiger charge is 2.11. The number of pyridine rings is 1. The lowest BCUT2D eigenvalue weighted by Gasteiger charge is -2.23. The topological polar surface area (TPSA) is 28.2 Å². The average Bonchev–Trinajstić information content (AvgIpc) is 2.43. The van der Waals surface area contributed by atoms with Gasteiger partial charge in [0.25, 0.3) is 0 Å². The zero-order valence-corrected chi connectivity index (χ0v) is 13.0. The maximum Gasteiger partial charge on any atom is 0.136 e. The van der Waals surface area contributed by atoms with Gasteiger partial charge in [-0.2, -0.15) is 0 Å². The van der Waals surface area contributed by atoms with Crippen LogP contribution in [0.5, 0.6) is 0 Å². The summed E-state index contributed by atoms with van der Waals surface area (Å²) in [5, 5.41) is 5.85. The first-order chi connectivity index (χ1) is 9.61. The number of hydrogen-bond acceptors (Lipinski definition) is 3. The molecule has 20 heavy (non-hydrogen) atoms. The van der Waals surface area contributed by atoms with Gasteiger partial charge in [-0.05, 0) is 23.9 Å². The van der Waals surface area contributed by atoms with Crippen LogP contribution in [0.4, 0.5) is 5.82 Å². The van der Waals surface area contributed by atoms with E-state index in [2.05, 4.69) is 68.4 Å². The van der Waals surface area contributed by atoms with Crippen LogP contribution in [-0.4, -0.2) is 25.1 Å². The molecular formula is C17H25N3. The Kier molecular flexibility index (Phi) is 4.96. The predicted octanol–water partition coefficient (Wildman–Crippen LogP) is 3.44. The van der Waals surface area contributed by atoms with Gasteiger partial charge in [0, 0.05) is 25.5 Å². The second-order valence-corrected chi connectivity index (χ2v) is 5.71. The molecule has 0 aliphatic rings. The first kappa shape index (κ1) is 14.8.